The minimum Gasteiger partial charge on any atom is -0.383 e. The molecule has 1 aromatic rings. The van der Waals surface area contributed by atoms with Crippen molar-refractivity contribution in [1.82, 2.24) is 10.0 Å². The van der Waals surface area contributed by atoms with Gasteiger partial charge in [-0.2, -0.15) is 0 Å². The molecule has 1 aliphatic rings. The van der Waals surface area contributed by atoms with Crippen molar-refractivity contribution < 1.29 is 13.2 Å². The highest BCUT2D eigenvalue weighted by atomic mass is 35.5. The summed E-state index contributed by atoms with van der Waals surface area (Å²) in [6.45, 7) is 1.58. The Morgan fingerprint density at radius 1 is 1.36 bits per heavy atom. The number of ether oxygens (including phenoxy) is 1. The second-order valence-electron chi connectivity index (χ2n) is 5.14. The highest BCUT2D eigenvalue weighted by Crippen LogP contribution is 2.25. The topological polar surface area (TPSA) is 67.4 Å². The van der Waals surface area contributed by atoms with E-state index >= 15 is 0 Å². The lowest BCUT2D eigenvalue weighted by atomic mass is 9.99. The molecule has 1 aromatic carbocycles. The van der Waals surface area contributed by atoms with Crippen molar-refractivity contribution in [2.45, 2.75) is 23.3 Å². The maximum atomic E-state index is 12.3. The van der Waals surface area contributed by atoms with Gasteiger partial charge in [0.05, 0.1) is 27.1 Å². The molecule has 1 atom stereocenters. The van der Waals surface area contributed by atoms with E-state index in [2.05, 4.69) is 10.0 Å². The summed E-state index contributed by atoms with van der Waals surface area (Å²) >= 11 is 11.7. The van der Waals surface area contributed by atoms with Crippen LogP contribution in [0.25, 0.3) is 0 Å². The van der Waals surface area contributed by atoms with E-state index in [1.54, 1.807) is 7.11 Å². The summed E-state index contributed by atoms with van der Waals surface area (Å²) in [6, 6.07) is 4.25. The lowest BCUT2D eigenvalue weighted by Gasteiger charge is -2.28. The molecular weight excluding hydrogens is 371 g/mol. The quantitative estimate of drug-likeness (QED) is 0.784. The second kappa shape index (κ2) is 8.15. The van der Waals surface area contributed by atoms with Crippen LogP contribution >= 0.6 is 35.6 Å². The lowest BCUT2D eigenvalue weighted by molar-refractivity contribution is 0.122. The van der Waals surface area contributed by atoms with Gasteiger partial charge < -0.3 is 10.1 Å². The van der Waals surface area contributed by atoms with Gasteiger partial charge in [0, 0.05) is 13.7 Å². The average molecular weight is 390 g/mol. The maximum Gasteiger partial charge on any atom is 0.240 e. The van der Waals surface area contributed by atoms with Gasteiger partial charge in [-0.15, -0.1) is 12.4 Å². The Labute approximate surface area is 147 Å². The molecule has 0 radical (unpaired) electrons. The molecule has 1 heterocycles. The molecule has 2 rings (SSSR count). The fourth-order valence-electron chi connectivity index (χ4n) is 2.43. The summed E-state index contributed by atoms with van der Waals surface area (Å²) in [6.07, 6.45) is 1.86. The fraction of sp³-hybridized carbons (Fsp3) is 0.538. The van der Waals surface area contributed by atoms with Gasteiger partial charge in [-0.1, -0.05) is 23.2 Å². The van der Waals surface area contributed by atoms with Crippen molar-refractivity contribution in [2.75, 3.05) is 26.8 Å². The minimum atomic E-state index is -3.63. The number of hydrogen-bond donors (Lipinski definition) is 2. The molecule has 1 unspecified atom stereocenters. The third kappa shape index (κ3) is 4.71. The molecule has 1 saturated heterocycles. The zero-order valence-corrected chi connectivity index (χ0v) is 15.2. The van der Waals surface area contributed by atoms with E-state index in [0.29, 0.717) is 11.6 Å². The molecule has 0 bridgehead atoms. The van der Waals surface area contributed by atoms with Crippen molar-refractivity contribution in [3.63, 3.8) is 0 Å². The van der Waals surface area contributed by atoms with Gasteiger partial charge in [0.15, 0.2) is 0 Å². The zero-order chi connectivity index (χ0) is 15.5. The van der Waals surface area contributed by atoms with Gasteiger partial charge >= 0.3 is 0 Å². The van der Waals surface area contributed by atoms with E-state index in [-0.39, 0.29) is 34.4 Å². The highest BCUT2D eigenvalue weighted by Gasteiger charge is 2.34. The molecule has 0 aliphatic carbocycles. The van der Waals surface area contributed by atoms with Crippen LogP contribution in [0.3, 0.4) is 0 Å². The van der Waals surface area contributed by atoms with Crippen LogP contribution in [0, 0.1) is 0 Å². The van der Waals surface area contributed by atoms with Crippen LogP contribution < -0.4 is 10.0 Å². The molecule has 5 nitrogen and oxygen atoms in total. The molecule has 9 heteroatoms. The first-order valence-corrected chi connectivity index (χ1v) is 8.81. The molecule has 0 aromatic heterocycles. The van der Waals surface area contributed by atoms with Crippen molar-refractivity contribution in [3.8, 4) is 0 Å². The van der Waals surface area contributed by atoms with Gasteiger partial charge in [-0.05, 0) is 37.6 Å². The van der Waals surface area contributed by atoms with Crippen molar-refractivity contribution in [2.24, 2.45) is 0 Å². The second-order valence-corrected chi connectivity index (χ2v) is 7.73. The zero-order valence-electron chi connectivity index (χ0n) is 12.1. The summed E-state index contributed by atoms with van der Waals surface area (Å²) in [5.74, 6) is 0. The number of methoxy groups -OCH3 is 1. The minimum absolute atomic E-state index is 0. The van der Waals surface area contributed by atoms with Gasteiger partial charge in [0.2, 0.25) is 10.0 Å². The van der Waals surface area contributed by atoms with E-state index < -0.39 is 10.0 Å². The van der Waals surface area contributed by atoms with Gasteiger partial charge in [0.1, 0.15) is 0 Å². The molecule has 0 spiro atoms. The number of hydrogen-bond acceptors (Lipinski definition) is 4. The maximum absolute atomic E-state index is 12.3. The highest BCUT2D eigenvalue weighted by molar-refractivity contribution is 7.89. The molecule has 126 valence electrons. The summed E-state index contributed by atoms with van der Waals surface area (Å²) < 4.78 is 32.5. The Balaban J connectivity index is 0.00000242. The first kappa shape index (κ1) is 20.0. The number of sulfonamides is 1. The first-order valence-electron chi connectivity index (χ1n) is 6.57. The number of rotatable bonds is 6. The van der Waals surface area contributed by atoms with Crippen LogP contribution in [0.1, 0.15) is 12.8 Å². The molecule has 0 saturated carbocycles. The van der Waals surface area contributed by atoms with Gasteiger partial charge in [-0.25, -0.2) is 13.1 Å². The molecule has 1 aliphatic heterocycles. The third-order valence-corrected chi connectivity index (χ3v) is 5.69. The van der Waals surface area contributed by atoms with Crippen molar-refractivity contribution in [3.05, 3.63) is 28.2 Å². The molecule has 22 heavy (non-hydrogen) atoms. The number of benzene rings is 1. The standard InChI is InChI=1S/C13H18Cl2N2O3S.ClH/c1-20-9-13(5-2-6-16-13)8-17-21(18,19)10-3-4-11(14)12(15)7-10;/h3-4,7,16-17H,2,5-6,8-9H2,1H3;1H. The summed E-state index contributed by atoms with van der Waals surface area (Å²) in [5, 5.41) is 3.85. The smallest absolute Gasteiger partial charge is 0.240 e. The first-order chi connectivity index (χ1) is 9.88. The number of nitrogens with one attached hydrogen (secondary N) is 2. The van der Waals surface area contributed by atoms with Gasteiger partial charge in [-0.3, -0.25) is 0 Å². The lowest BCUT2D eigenvalue weighted by Crippen LogP contribution is -2.52. The van der Waals surface area contributed by atoms with Gasteiger partial charge in [0.25, 0.3) is 0 Å². The van der Waals surface area contributed by atoms with E-state index in [4.69, 9.17) is 27.9 Å². The predicted octanol–water partition coefficient (Wildman–Crippen LogP) is 2.46. The van der Waals surface area contributed by atoms with E-state index in [0.717, 1.165) is 19.4 Å². The fourth-order valence-corrected chi connectivity index (χ4v) is 3.95. The Morgan fingerprint density at radius 2 is 2.09 bits per heavy atom. The van der Waals surface area contributed by atoms with Crippen LogP contribution in [0.4, 0.5) is 0 Å². The largest absolute Gasteiger partial charge is 0.383 e. The van der Waals surface area contributed by atoms with E-state index in [1.165, 1.54) is 18.2 Å². The number of halogens is 3. The van der Waals surface area contributed by atoms with E-state index in [9.17, 15) is 8.42 Å². The molecule has 2 N–H and O–H groups in total. The van der Waals surface area contributed by atoms with E-state index in [1.807, 2.05) is 0 Å². The van der Waals surface area contributed by atoms with Crippen molar-refractivity contribution >= 4 is 45.6 Å². The average Bonchev–Trinajstić information content (AvgIpc) is 2.89. The van der Waals surface area contributed by atoms with Crippen LogP contribution in [0.5, 0.6) is 0 Å². The van der Waals surface area contributed by atoms with Crippen LogP contribution in [0.2, 0.25) is 10.0 Å². The Hall–Kier alpha value is -0.0800. The predicted molar refractivity (Wildman–Crippen MR) is 90.7 cm³/mol. The van der Waals surface area contributed by atoms with Crippen LogP contribution in [-0.4, -0.2) is 40.8 Å². The Kier molecular flexibility index (Phi) is 7.39. The SMILES string of the molecule is COCC1(CNS(=O)(=O)c2ccc(Cl)c(Cl)c2)CCCN1.Cl. The molecule has 0 amide bonds. The summed E-state index contributed by atoms with van der Waals surface area (Å²) in [4.78, 5) is 0.0995. The summed E-state index contributed by atoms with van der Waals surface area (Å²) in [5.41, 5.74) is -0.349. The normalized spacial score (nSPS) is 21.6. The third-order valence-electron chi connectivity index (χ3n) is 3.55. The monoisotopic (exact) mass is 388 g/mol. The van der Waals surface area contributed by atoms with Crippen molar-refractivity contribution in [1.29, 1.82) is 0 Å². The Morgan fingerprint density at radius 3 is 2.64 bits per heavy atom. The molecule has 1 fully saturated rings. The molecular formula is C13H19Cl3N2O3S. The summed E-state index contributed by atoms with van der Waals surface area (Å²) in [7, 11) is -2.03. The Bertz CT molecular complexity index is 605. The van der Waals surface area contributed by atoms with Crippen LogP contribution in [-0.2, 0) is 14.8 Å². The van der Waals surface area contributed by atoms with Crippen LogP contribution in [0.15, 0.2) is 23.1 Å².